The van der Waals surface area contributed by atoms with Gasteiger partial charge in [-0.1, -0.05) is 37.7 Å². The summed E-state index contributed by atoms with van der Waals surface area (Å²) < 4.78 is 15.5. The first-order chi connectivity index (χ1) is 12.9. The number of amides is 1. The maximum absolute atomic E-state index is 14.1. The molecule has 9 heteroatoms. The van der Waals surface area contributed by atoms with Crippen LogP contribution in [0.1, 0.15) is 20.3 Å². The summed E-state index contributed by atoms with van der Waals surface area (Å²) in [5.41, 5.74) is 0.200. The molecule has 2 aromatic heterocycles. The lowest BCUT2D eigenvalue weighted by Crippen LogP contribution is -2.27. The third kappa shape index (κ3) is 4.73. The van der Waals surface area contributed by atoms with Crippen molar-refractivity contribution >= 4 is 23.3 Å². The Balaban J connectivity index is 1.84. The summed E-state index contributed by atoms with van der Waals surface area (Å²) in [6, 6.07) is 7.46. The number of hydrogen-bond donors (Lipinski definition) is 2. The van der Waals surface area contributed by atoms with E-state index in [0.717, 1.165) is 18.2 Å². The van der Waals surface area contributed by atoms with Gasteiger partial charge in [0, 0.05) is 12.6 Å². The predicted molar refractivity (Wildman–Crippen MR) is 102 cm³/mol. The Kier molecular flexibility index (Phi) is 5.90. The lowest BCUT2D eigenvalue weighted by atomic mass is 10.1. The summed E-state index contributed by atoms with van der Waals surface area (Å²) in [7, 11) is 0. The molecule has 3 aromatic rings. The first-order valence-corrected chi connectivity index (χ1v) is 9.57. The van der Waals surface area contributed by atoms with E-state index in [4.69, 9.17) is 0 Å². The van der Waals surface area contributed by atoms with Crippen molar-refractivity contribution in [2.75, 3.05) is 12.3 Å². The zero-order valence-corrected chi connectivity index (χ0v) is 15.8. The number of carbonyl (C=O) groups excluding carboxylic acids is 1. The number of hydrogen-bond acceptors (Lipinski definition) is 5. The van der Waals surface area contributed by atoms with Gasteiger partial charge in [0.15, 0.2) is 16.6 Å². The quantitative estimate of drug-likeness (QED) is 0.606. The average Bonchev–Trinajstić information content (AvgIpc) is 3.00. The number of halogens is 1. The van der Waals surface area contributed by atoms with Crippen molar-refractivity contribution in [1.29, 1.82) is 0 Å². The fourth-order valence-electron chi connectivity index (χ4n) is 2.42. The molecule has 3 rings (SSSR count). The topological polar surface area (TPSA) is 92.2 Å². The predicted octanol–water partition coefficient (Wildman–Crippen LogP) is 2.48. The van der Waals surface area contributed by atoms with Gasteiger partial charge < -0.3 is 5.32 Å². The molecule has 0 bridgehead atoms. The highest BCUT2D eigenvalue weighted by Gasteiger charge is 2.15. The molecule has 0 aliphatic rings. The number of rotatable bonds is 7. The van der Waals surface area contributed by atoms with E-state index in [-0.39, 0.29) is 28.6 Å². The standard InChI is InChI=1S/C18H20FN5O2S/c1-11(2)7-8-20-16(26)10-27-18-22-17(12-5-3-4-6-13(12)19)21-14-9-15(25)23-24(14)18/h3-6,9,11H,7-8,10H2,1-2H3,(H,20,26)(H,23,25). The Morgan fingerprint density at radius 1 is 1.33 bits per heavy atom. The van der Waals surface area contributed by atoms with E-state index in [1.807, 2.05) is 0 Å². The summed E-state index contributed by atoms with van der Waals surface area (Å²) in [6.07, 6.45) is 0.899. The second kappa shape index (κ2) is 8.34. The molecule has 142 valence electrons. The van der Waals surface area contributed by atoms with E-state index >= 15 is 0 Å². The van der Waals surface area contributed by atoms with Crippen molar-refractivity contribution in [3.63, 3.8) is 0 Å². The Hall–Kier alpha value is -2.68. The van der Waals surface area contributed by atoms with Gasteiger partial charge in [-0.15, -0.1) is 0 Å². The minimum Gasteiger partial charge on any atom is -0.355 e. The molecule has 0 saturated heterocycles. The molecule has 2 N–H and O–H groups in total. The molecule has 1 aromatic carbocycles. The van der Waals surface area contributed by atoms with Gasteiger partial charge in [-0.3, -0.25) is 14.7 Å². The fourth-order valence-corrected chi connectivity index (χ4v) is 3.21. The van der Waals surface area contributed by atoms with Gasteiger partial charge in [-0.2, -0.15) is 0 Å². The van der Waals surface area contributed by atoms with Gasteiger partial charge >= 0.3 is 0 Å². The fraction of sp³-hybridized carbons (Fsp3) is 0.333. The number of benzene rings is 1. The second-order valence-electron chi connectivity index (χ2n) is 6.44. The summed E-state index contributed by atoms with van der Waals surface area (Å²) in [5.74, 6) is 0.209. The SMILES string of the molecule is CC(C)CCNC(=O)CSc1nc(-c2ccccc2F)nc2cc(=O)[nH]n12. The first kappa shape index (κ1) is 19.1. The van der Waals surface area contributed by atoms with E-state index in [2.05, 4.69) is 34.2 Å². The molecule has 0 unspecified atom stereocenters. The highest BCUT2D eigenvalue weighted by atomic mass is 32.2. The summed E-state index contributed by atoms with van der Waals surface area (Å²) in [5, 5.41) is 5.80. The number of aromatic amines is 1. The zero-order chi connectivity index (χ0) is 19.4. The Morgan fingerprint density at radius 3 is 2.85 bits per heavy atom. The van der Waals surface area contributed by atoms with Gasteiger partial charge in [0.25, 0.3) is 5.56 Å². The Morgan fingerprint density at radius 2 is 2.11 bits per heavy atom. The monoisotopic (exact) mass is 389 g/mol. The molecule has 0 spiro atoms. The van der Waals surface area contributed by atoms with E-state index in [1.165, 1.54) is 16.6 Å². The maximum atomic E-state index is 14.1. The van der Waals surface area contributed by atoms with Crippen molar-refractivity contribution in [2.24, 2.45) is 5.92 Å². The molecular formula is C18H20FN5O2S. The summed E-state index contributed by atoms with van der Waals surface area (Å²) in [4.78, 5) is 32.3. The highest BCUT2D eigenvalue weighted by molar-refractivity contribution is 7.99. The van der Waals surface area contributed by atoms with Crippen molar-refractivity contribution in [3.05, 3.63) is 46.5 Å². The normalized spacial score (nSPS) is 11.3. The van der Waals surface area contributed by atoms with Crippen LogP contribution in [0.25, 0.3) is 17.0 Å². The first-order valence-electron chi connectivity index (χ1n) is 8.58. The molecule has 0 aliphatic heterocycles. The van der Waals surface area contributed by atoms with Crippen LogP contribution in [0.15, 0.2) is 40.3 Å². The van der Waals surface area contributed by atoms with Gasteiger partial charge in [-0.25, -0.2) is 18.9 Å². The molecular weight excluding hydrogens is 369 g/mol. The van der Waals surface area contributed by atoms with E-state index in [9.17, 15) is 14.0 Å². The van der Waals surface area contributed by atoms with Gasteiger partial charge in [0.2, 0.25) is 5.91 Å². The maximum Gasteiger partial charge on any atom is 0.266 e. The van der Waals surface area contributed by atoms with Gasteiger partial charge in [-0.05, 0) is 24.5 Å². The molecule has 7 nitrogen and oxygen atoms in total. The van der Waals surface area contributed by atoms with Crippen LogP contribution in [0.5, 0.6) is 0 Å². The number of nitrogens with one attached hydrogen (secondary N) is 2. The summed E-state index contributed by atoms with van der Waals surface area (Å²) >= 11 is 1.15. The molecule has 0 aliphatic carbocycles. The third-order valence-electron chi connectivity index (χ3n) is 3.82. The van der Waals surface area contributed by atoms with Crippen LogP contribution in [0.2, 0.25) is 0 Å². The van der Waals surface area contributed by atoms with E-state index in [0.29, 0.717) is 23.3 Å². The molecule has 27 heavy (non-hydrogen) atoms. The van der Waals surface area contributed by atoms with Crippen LogP contribution in [-0.2, 0) is 4.79 Å². The van der Waals surface area contributed by atoms with Crippen LogP contribution < -0.4 is 10.9 Å². The van der Waals surface area contributed by atoms with Gasteiger partial charge in [0.1, 0.15) is 5.82 Å². The van der Waals surface area contributed by atoms with Crippen molar-refractivity contribution < 1.29 is 9.18 Å². The molecule has 0 saturated carbocycles. The number of aromatic nitrogens is 4. The average molecular weight is 389 g/mol. The third-order valence-corrected chi connectivity index (χ3v) is 4.75. The van der Waals surface area contributed by atoms with Crippen molar-refractivity contribution in [3.8, 4) is 11.4 Å². The van der Waals surface area contributed by atoms with Crippen LogP contribution in [0.3, 0.4) is 0 Å². The van der Waals surface area contributed by atoms with E-state index in [1.54, 1.807) is 18.2 Å². The minimum absolute atomic E-state index is 0.126. The molecule has 0 atom stereocenters. The van der Waals surface area contributed by atoms with Crippen molar-refractivity contribution in [1.82, 2.24) is 24.9 Å². The van der Waals surface area contributed by atoms with Crippen LogP contribution >= 0.6 is 11.8 Å². The Labute approximate surface area is 159 Å². The Bertz CT molecular complexity index is 1010. The molecule has 0 radical (unpaired) electrons. The largest absolute Gasteiger partial charge is 0.355 e. The van der Waals surface area contributed by atoms with E-state index < -0.39 is 5.82 Å². The number of H-pyrrole nitrogens is 1. The number of carbonyl (C=O) groups is 1. The van der Waals surface area contributed by atoms with Crippen molar-refractivity contribution in [2.45, 2.75) is 25.4 Å². The van der Waals surface area contributed by atoms with Crippen LogP contribution in [-0.4, -0.2) is 37.8 Å². The van der Waals surface area contributed by atoms with Crippen LogP contribution in [0.4, 0.5) is 4.39 Å². The minimum atomic E-state index is -0.456. The highest BCUT2D eigenvalue weighted by Crippen LogP contribution is 2.23. The second-order valence-corrected chi connectivity index (χ2v) is 7.39. The van der Waals surface area contributed by atoms with Crippen LogP contribution in [0, 0.1) is 11.7 Å². The number of thioether (sulfide) groups is 1. The summed E-state index contributed by atoms with van der Waals surface area (Å²) in [6.45, 7) is 4.79. The lowest BCUT2D eigenvalue weighted by molar-refractivity contribution is -0.118. The smallest absolute Gasteiger partial charge is 0.266 e. The molecule has 1 amide bonds. The lowest BCUT2D eigenvalue weighted by Gasteiger charge is -2.09. The number of fused-ring (bicyclic) bond motifs is 1. The molecule has 2 heterocycles. The number of nitrogens with zero attached hydrogens (tertiary/aromatic N) is 3. The van der Waals surface area contributed by atoms with Gasteiger partial charge in [0.05, 0.1) is 11.3 Å². The molecule has 0 fully saturated rings. The zero-order valence-electron chi connectivity index (χ0n) is 15.0.